The Kier molecular flexibility index (Phi) is 5.22. The van der Waals surface area contributed by atoms with Crippen molar-refractivity contribution in [1.82, 2.24) is 5.06 Å². The highest BCUT2D eigenvalue weighted by atomic mass is 16.7. The van der Waals surface area contributed by atoms with Gasteiger partial charge >= 0.3 is 11.9 Å². The molecule has 10 heteroatoms. The van der Waals surface area contributed by atoms with E-state index in [0.717, 1.165) is 6.07 Å². The summed E-state index contributed by atoms with van der Waals surface area (Å²) < 4.78 is 5.84. The van der Waals surface area contributed by atoms with Gasteiger partial charge in [0.25, 0.3) is 11.8 Å². The fourth-order valence-electron chi connectivity index (χ4n) is 4.09. The highest BCUT2D eigenvalue weighted by Crippen LogP contribution is 2.45. The number of fused-ring (bicyclic) bond motifs is 2. The van der Waals surface area contributed by atoms with Gasteiger partial charge in [0.2, 0.25) is 0 Å². The molecule has 2 aromatic carbocycles. The number of hydrogen-bond donors (Lipinski definition) is 3. The van der Waals surface area contributed by atoms with E-state index in [1.807, 2.05) is 0 Å². The lowest BCUT2D eigenvalue weighted by molar-refractivity contribution is -0.172. The number of hydroxylamine groups is 2. The van der Waals surface area contributed by atoms with Crippen LogP contribution < -0.4 is 4.74 Å². The first-order chi connectivity index (χ1) is 16.7. The van der Waals surface area contributed by atoms with Crippen LogP contribution in [0.5, 0.6) is 11.5 Å². The number of hydrogen-bond acceptors (Lipinski definition) is 8. The molecular formula is C25H17NO9. The van der Waals surface area contributed by atoms with E-state index in [1.54, 1.807) is 12.1 Å². The van der Waals surface area contributed by atoms with E-state index in [4.69, 9.17) is 9.57 Å². The maximum absolute atomic E-state index is 12.6. The van der Waals surface area contributed by atoms with Crippen LogP contribution in [0.4, 0.5) is 0 Å². The van der Waals surface area contributed by atoms with Crippen LogP contribution in [0.2, 0.25) is 0 Å². The fraction of sp³-hybridized carbons (Fsp3) is 0.120. The van der Waals surface area contributed by atoms with E-state index in [2.05, 4.69) is 0 Å². The van der Waals surface area contributed by atoms with E-state index in [9.17, 15) is 34.5 Å². The maximum Gasteiger partial charge on any atom is 0.363 e. The number of aliphatic hydroxyl groups is 1. The van der Waals surface area contributed by atoms with Crippen LogP contribution in [0.3, 0.4) is 0 Å². The quantitative estimate of drug-likeness (QED) is 0.566. The number of aromatic carboxylic acids is 1. The summed E-state index contributed by atoms with van der Waals surface area (Å²) in [5.41, 5.74) is 1.25. The number of aromatic hydroxyl groups is 1. The minimum Gasteiger partial charge on any atom is -0.508 e. The van der Waals surface area contributed by atoms with Crippen LogP contribution >= 0.6 is 0 Å². The number of allylic oxidation sites excluding steroid dienone is 1. The van der Waals surface area contributed by atoms with Gasteiger partial charge in [0.05, 0.1) is 17.2 Å². The molecule has 2 aliphatic heterocycles. The number of carboxylic acid groups (broad SMARTS) is 1. The van der Waals surface area contributed by atoms with Gasteiger partial charge in [-0.2, -0.15) is 0 Å². The molecule has 176 valence electrons. The molecule has 1 fully saturated rings. The number of phenols is 1. The Morgan fingerprint density at radius 3 is 2.46 bits per heavy atom. The molecule has 0 bridgehead atoms. The lowest BCUT2D eigenvalue weighted by Gasteiger charge is -2.28. The van der Waals surface area contributed by atoms with Crippen molar-refractivity contribution in [2.24, 2.45) is 0 Å². The number of ether oxygens (including phenoxy) is 1. The van der Waals surface area contributed by atoms with Gasteiger partial charge in [-0.05, 0) is 35.9 Å². The first-order valence-corrected chi connectivity index (χ1v) is 10.5. The number of benzene rings is 2. The minimum atomic E-state index is -1.34. The van der Waals surface area contributed by atoms with Gasteiger partial charge in [-0.25, -0.2) is 9.59 Å². The first-order valence-electron chi connectivity index (χ1n) is 10.5. The molecule has 3 N–H and O–H groups in total. The number of aliphatic hydroxyl groups excluding tert-OH is 1. The Morgan fingerprint density at radius 2 is 1.74 bits per heavy atom. The molecule has 2 amide bonds. The van der Waals surface area contributed by atoms with Gasteiger partial charge in [-0.1, -0.05) is 18.2 Å². The SMILES string of the molecule is O=C(ON1C(=O)CCC1=O)c1ccc(C2=C3C=CC(O)C=C3Oc3cc(O)ccc32)c(C(=O)O)c1. The van der Waals surface area contributed by atoms with Crippen LogP contribution in [-0.2, 0) is 14.4 Å². The Morgan fingerprint density at radius 1 is 1.03 bits per heavy atom. The predicted octanol–water partition coefficient (Wildman–Crippen LogP) is 2.32. The molecule has 0 spiro atoms. The van der Waals surface area contributed by atoms with Crippen LogP contribution in [0.25, 0.3) is 5.57 Å². The zero-order valence-corrected chi connectivity index (χ0v) is 17.9. The lowest BCUT2D eigenvalue weighted by atomic mass is 9.85. The number of carboxylic acids is 1. The van der Waals surface area contributed by atoms with Gasteiger partial charge in [-0.3, -0.25) is 9.59 Å². The van der Waals surface area contributed by atoms with Crippen molar-refractivity contribution in [3.8, 4) is 11.5 Å². The molecule has 0 saturated carbocycles. The van der Waals surface area contributed by atoms with Gasteiger partial charge < -0.3 is 24.9 Å². The fourth-order valence-corrected chi connectivity index (χ4v) is 4.09. The monoisotopic (exact) mass is 475 g/mol. The van der Waals surface area contributed by atoms with Gasteiger partial charge in [0.1, 0.15) is 17.3 Å². The van der Waals surface area contributed by atoms with Crippen molar-refractivity contribution in [3.05, 3.63) is 88.2 Å². The number of nitrogens with zero attached hydrogens (tertiary/aromatic N) is 1. The first kappa shape index (κ1) is 22.1. The van der Waals surface area contributed by atoms with Crippen LogP contribution in [0.15, 0.2) is 66.0 Å². The number of rotatable bonds is 4. The van der Waals surface area contributed by atoms with Crippen molar-refractivity contribution in [1.29, 1.82) is 0 Å². The zero-order valence-electron chi connectivity index (χ0n) is 17.9. The minimum absolute atomic E-state index is 0.0680. The summed E-state index contributed by atoms with van der Waals surface area (Å²) in [6.07, 6.45) is 3.49. The molecule has 1 atom stereocenters. The number of carbonyl (C=O) groups is 4. The van der Waals surface area contributed by atoms with Gasteiger partial charge in [0, 0.05) is 35.6 Å². The van der Waals surface area contributed by atoms with E-state index in [0.29, 0.717) is 21.8 Å². The summed E-state index contributed by atoms with van der Waals surface area (Å²) >= 11 is 0. The molecule has 5 rings (SSSR count). The summed E-state index contributed by atoms with van der Waals surface area (Å²) in [4.78, 5) is 53.2. The largest absolute Gasteiger partial charge is 0.508 e. The number of carbonyl (C=O) groups excluding carboxylic acids is 3. The Balaban J connectivity index is 1.62. The molecule has 10 nitrogen and oxygen atoms in total. The molecule has 1 aliphatic carbocycles. The third kappa shape index (κ3) is 3.85. The number of phenolic OH excluding ortho intramolecular Hbond substituents is 1. The highest BCUT2D eigenvalue weighted by Gasteiger charge is 2.34. The van der Waals surface area contributed by atoms with Crippen molar-refractivity contribution in [2.45, 2.75) is 18.9 Å². The van der Waals surface area contributed by atoms with Crippen LogP contribution in [0, 0.1) is 0 Å². The number of amides is 2. The average molecular weight is 475 g/mol. The zero-order chi connectivity index (χ0) is 24.9. The number of imide groups is 1. The topological polar surface area (TPSA) is 151 Å². The molecule has 0 aromatic heterocycles. The second kappa shape index (κ2) is 8.26. The van der Waals surface area contributed by atoms with E-state index >= 15 is 0 Å². The Labute approximate surface area is 197 Å². The van der Waals surface area contributed by atoms with Crippen molar-refractivity contribution >= 4 is 29.3 Å². The normalized spacial score (nSPS) is 18.6. The third-order valence-corrected chi connectivity index (χ3v) is 5.71. The molecule has 1 saturated heterocycles. The summed E-state index contributed by atoms with van der Waals surface area (Å²) in [7, 11) is 0. The third-order valence-electron chi connectivity index (χ3n) is 5.71. The standard InChI is InChI=1S/C25H17NO9/c27-13-2-5-16-19(10-13)34-20-11-14(28)3-6-17(20)23(16)15-4-1-12(9-18(15)24(31)32)25(33)35-26-21(29)7-8-22(26)30/h1-6,9-11,13,27-28H,7-8H2,(H,31,32). The maximum atomic E-state index is 12.6. The molecule has 3 aliphatic rings. The van der Waals surface area contributed by atoms with Gasteiger partial charge in [0.15, 0.2) is 0 Å². The molecule has 2 heterocycles. The molecule has 0 radical (unpaired) electrons. The molecule has 1 unspecified atom stereocenters. The van der Waals surface area contributed by atoms with Crippen molar-refractivity contribution in [2.75, 3.05) is 0 Å². The van der Waals surface area contributed by atoms with E-state index in [1.165, 1.54) is 36.4 Å². The van der Waals surface area contributed by atoms with E-state index < -0.39 is 29.9 Å². The Hall–Kier alpha value is -4.70. The molecule has 35 heavy (non-hydrogen) atoms. The smallest absolute Gasteiger partial charge is 0.363 e. The van der Waals surface area contributed by atoms with Crippen molar-refractivity contribution < 1.29 is 44.1 Å². The van der Waals surface area contributed by atoms with E-state index in [-0.39, 0.29) is 46.8 Å². The second-order valence-corrected chi connectivity index (χ2v) is 7.98. The lowest BCUT2D eigenvalue weighted by Crippen LogP contribution is -2.32. The van der Waals surface area contributed by atoms with Crippen LogP contribution in [-0.4, -0.2) is 50.2 Å². The highest BCUT2D eigenvalue weighted by molar-refractivity contribution is 6.05. The summed E-state index contributed by atoms with van der Waals surface area (Å²) in [5, 5.41) is 30.3. The predicted molar refractivity (Wildman–Crippen MR) is 118 cm³/mol. The summed E-state index contributed by atoms with van der Waals surface area (Å²) in [6.45, 7) is 0. The average Bonchev–Trinajstić information content (AvgIpc) is 3.14. The Bertz CT molecular complexity index is 1400. The molecular weight excluding hydrogens is 458 g/mol. The van der Waals surface area contributed by atoms with Crippen molar-refractivity contribution in [3.63, 3.8) is 0 Å². The second-order valence-electron chi connectivity index (χ2n) is 7.98. The summed E-state index contributed by atoms with van der Waals surface area (Å²) in [6, 6.07) is 8.19. The van der Waals surface area contributed by atoms with Crippen LogP contribution in [0.1, 0.15) is 44.7 Å². The van der Waals surface area contributed by atoms with Gasteiger partial charge in [-0.15, -0.1) is 5.06 Å². The summed E-state index contributed by atoms with van der Waals surface area (Å²) in [5.74, 6) is -3.24. The molecule has 2 aromatic rings.